The summed E-state index contributed by atoms with van der Waals surface area (Å²) in [6.45, 7) is 4.95. The molecule has 0 aliphatic heterocycles. The molecule has 0 aliphatic carbocycles. The molecule has 0 radical (unpaired) electrons. The van der Waals surface area contributed by atoms with Crippen LogP contribution in [0.15, 0.2) is 78.0 Å². The van der Waals surface area contributed by atoms with Gasteiger partial charge in [-0.05, 0) is 51.1 Å². The first-order chi connectivity index (χ1) is 22.0. The monoisotopic (exact) mass is 635 g/mol. The first-order valence-corrected chi connectivity index (χ1v) is 15.8. The maximum absolute atomic E-state index is 14.3. The molecule has 0 fully saturated rings. The van der Waals surface area contributed by atoms with E-state index < -0.39 is 32.8 Å². The van der Waals surface area contributed by atoms with E-state index in [4.69, 9.17) is 10.1 Å². The zero-order valence-electron chi connectivity index (χ0n) is 25.3. The van der Waals surface area contributed by atoms with E-state index in [1.807, 2.05) is 6.07 Å². The van der Waals surface area contributed by atoms with Crippen molar-refractivity contribution in [2.24, 2.45) is 12.2 Å². The van der Waals surface area contributed by atoms with Crippen LogP contribution in [0.4, 0.5) is 0 Å². The Kier molecular flexibility index (Phi) is 7.72. The SMILES string of the molecule is Cc1nn2cccnc2c1C(=O)N[C@@H](C)c1nc2cccc(C#Cc3cnn(C)c3C(C)S(N)(=O)=O)c2c(=O)n1-c1ccccc1. The molecule has 14 heteroatoms. The molecule has 2 aromatic carbocycles. The van der Waals surface area contributed by atoms with Crippen LogP contribution < -0.4 is 16.0 Å². The molecule has 1 unspecified atom stereocenters. The normalized spacial score (nSPS) is 12.9. The lowest BCUT2D eigenvalue weighted by Crippen LogP contribution is -2.33. The Morgan fingerprint density at radius 1 is 1.02 bits per heavy atom. The number of carbonyl (C=O) groups excluding carboxylic acids is 1. The number of carbonyl (C=O) groups is 1. The lowest BCUT2D eigenvalue weighted by atomic mass is 10.1. The molecule has 232 valence electrons. The van der Waals surface area contributed by atoms with Gasteiger partial charge in [-0.15, -0.1) is 0 Å². The van der Waals surface area contributed by atoms with E-state index in [0.717, 1.165) is 0 Å². The summed E-state index contributed by atoms with van der Waals surface area (Å²) in [7, 11) is -2.30. The minimum Gasteiger partial charge on any atom is -0.342 e. The maximum atomic E-state index is 14.3. The van der Waals surface area contributed by atoms with E-state index in [9.17, 15) is 18.0 Å². The van der Waals surface area contributed by atoms with Gasteiger partial charge in [0, 0.05) is 25.0 Å². The van der Waals surface area contributed by atoms with E-state index in [1.54, 1.807) is 81.8 Å². The molecule has 4 heterocycles. The van der Waals surface area contributed by atoms with E-state index in [1.165, 1.54) is 26.9 Å². The minimum atomic E-state index is -3.91. The fraction of sp³-hybridized carbons (Fsp3) is 0.188. The number of nitrogens with one attached hydrogen (secondary N) is 1. The van der Waals surface area contributed by atoms with Crippen LogP contribution in [-0.2, 0) is 17.1 Å². The number of aryl methyl sites for hydroxylation is 2. The van der Waals surface area contributed by atoms with Crippen LogP contribution >= 0.6 is 0 Å². The van der Waals surface area contributed by atoms with Crippen molar-refractivity contribution in [1.82, 2.24) is 39.2 Å². The standard InChI is InChI=1S/C32H29N9O4S/c1-19-26(30-34-16-9-17-40(30)38-19)31(42)36-20(2)29-37-25-13-8-10-22(27(25)32(43)41(29)24-11-6-5-7-12-24)14-15-23-18-35-39(4)28(23)21(3)46(33,44)45/h5-13,16-18,20-21H,1-4H3,(H,36,42)(H2,33,44,45)/t20-,21?/m0/s1. The number of rotatable bonds is 6. The molecule has 2 atom stereocenters. The molecular formula is C32H29N9O4S. The molecular weight excluding hydrogens is 606 g/mol. The lowest BCUT2D eigenvalue weighted by molar-refractivity contribution is 0.0938. The number of amides is 1. The Balaban J connectivity index is 1.47. The van der Waals surface area contributed by atoms with Gasteiger partial charge in [-0.25, -0.2) is 28.0 Å². The van der Waals surface area contributed by atoms with Gasteiger partial charge in [0.1, 0.15) is 16.6 Å². The van der Waals surface area contributed by atoms with E-state index in [0.29, 0.717) is 50.8 Å². The Morgan fingerprint density at radius 2 is 1.76 bits per heavy atom. The smallest absolute Gasteiger partial charge is 0.267 e. The topological polar surface area (TPSA) is 172 Å². The summed E-state index contributed by atoms with van der Waals surface area (Å²) < 4.78 is 28.6. The van der Waals surface area contributed by atoms with Crippen molar-refractivity contribution in [2.75, 3.05) is 0 Å². The highest BCUT2D eigenvalue weighted by Crippen LogP contribution is 2.24. The first kappa shape index (κ1) is 30.4. The number of hydrogen-bond acceptors (Lipinski definition) is 8. The number of nitrogens with zero attached hydrogens (tertiary/aromatic N) is 7. The Morgan fingerprint density at radius 3 is 2.50 bits per heavy atom. The molecule has 6 rings (SSSR count). The summed E-state index contributed by atoms with van der Waals surface area (Å²) in [6.07, 6.45) is 4.76. The quantitative estimate of drug-likeness (QED) is 0.263. The Hall–Kier alpha value is -5.65. The molecule has 1 amide bonds. The summed E-state index contributed by atoms with van der Waals surface area (Å²) in [5, 5.41) is 16.1. The molecule has 0 aliphatic rings. The van der Waals surface area contributed by atoms with Crippen LogP contribution in [0, 0.1) is 18.8 Å². The Bertz CT molecular complexity index is 2380. The minimum absolute atomic E-state index is 0.258. The third-order valence-corrected chi connectivity index (χ3v) is 8.87. The number of nitrogens with two attached hydrogens (primary N) is 1. The molecule has 3 N–H and O–H groups in total. The van der Waals surface area contributed by atoms with Gasteiger partial charge in [-0.1, -0.05) is 36.1 Å². The van der Waals surface area contributed by atoms with Crippen LogP contribution in [0.5, 0.6) is 0 Å². The number of para-hydroxylation sites is 1. The summed E-state index contributed by atoms with van der Waals surface area (Å²) >= 11 is 0. The van der Waals surface area contributed by atoms with Crippen molar-refractivity contribution in [3.63, 3.8) is 0 Å². The predicted molar refractivity (Wildman–Crippen MR) is 172 cm³/mol. The number of fused-ring (bicyclic) bond motifs is 2. The van der Waals surface area contributed by atoms with Crippen LogP contribution in [0.1, 0.15) is 63.8 Å². The number of primary sulfonamides is 1. The van der Waals surface area contributed by atoms with Gasteiger partial charge in [0.2, 0.25) is 10.0 Å². The summed E-state index contributed by atoms with van der Waals surface area (Å²) in [5.41, 5.74) is 2.85. The van der Waals surface area contributed by atoms with E-state index in [-0.39, 0.29) is 5.39 Å². The fourth-order valence-electron chi connectivity index (χ4n) is 5.38. The van der Waals surface area contributed by atoms with Gasteiger partial charge in [-0.3, -0.25) is 18.8 Å². The predicted octanol–water partition coefficient (Wildman–Crippen LogP) is 2.71. The highest BCUT2D eigenvalue weighted by molar-refractivity contribution is 7.89. The number of hydrogen-bond donors (Lipinski definition) is 2. The lowest BCUT2D eigenvalue weighted by Gasteiger charge is -2.20. The summed E-state index contributed by atoms with van der Waals surface area (Å²) in [6, 6.07) is 15.1. The van der Waals surface area contributed by atoms with E-state index in [2.05, 4.69) is 32.3 Å². The van der Waals surface area contributed by atoms with Gasteiger partial charge in [0.25, 0.3) is 11.5 Å². The molecule has 46 heavy (non-hydrogen) atoms. The molecule has 6 aromatic rings. The number of benzene rings is 2. The third kappa shape index (κ3) is 5.42. The molecule has 0 bridgehead atoms. The van der Waals surface area contributed by atoms with Crippen LogP contribution in [0.2, 0.25) is 0 Å². The number of sulfonamides is 1. The second-order valence-electron chi connectivity index (χ2n) is 10.7. The highest BCUT2D eigenvalue weighted by Gasteiger charge is 2.26. The van der Waals surface area contributed by atoms with Crippen molar-refractivity contribution in [3.8, 4) is 17.5 Å². The summed E-state index contributed by atoms with van der Waals surface area (Å²) in [5.74, 6) is 5.91. The van der Waals surface area contributed by atoms with Crippen molar-refractivity contribution in [3.05, 3.63) is 117 Å². The molecule has 4 aromatic heterocycles. The van der Waals surface area contributed by atoms with Gasteiger partial charge in [0.05, 0.1) is 45.8 Å². The van der Waals surface area contributed by atoms with Gasteiger partial charge in [-0.2, -0.15) is 10.2 Å². The van der Waals surface area contributed by atoms with Crippen molar-refractivity contribution < 1.29 is 13.2 Å². The highest BCUT2D eigenvalue weighted by atomic mass is 32.2. The van der Waals surface area contributed by atoms with Crippen LogP contribution in [0.3, 0.4) is 0 Å². The first-order valence-electron chi connectivity index (χ1n) is 14.2. The average Bonchev–Trinajstić information content (AvgIpc) is 3.57. The van der Waals surface area contributed by atoms with Gasteiger partial charge < -0.3 is 5.32 Å². The van der Waals surface area contributed by atoms with Crippen molar-refractivity contribution >= 4 is 32.5 Å². The average molecular weight is 636 g/mol. The van der Waals surface area contributed by atoms with Crippen molar-refractivity contribution in [1.29, 1.82) is 0 Å². The van der Waals surface area contributed by atoms with Crippen molar-refractivity contribution in [2.45, 2.75) is 32.1 Å². The zero-order valence-corrected chi connectivity index (χ0v) is 26.1. The molecule has 13 nitrogen and oxygen atoms in total. The third-order valence-electron chi connectivity index (χ3n) is 7.66. The fourth-order valence-corrected chi connectivity index (χ4v) is 5.97. The van der Waals surface area contributed by atoms with Crippen LogP contribution in [0.25, 0.3) is 22.2 Å². The molecule has 0 saturated heterocycles. The molecule has 0 spiro atoms. The molecule has 0 saturated carbocycles. The second-order valence-corrected chi connectivity index (χ2v) is 12.6. The summed E-state index contributed by atoms with van der Waals surface area (Å²) in [4.78, 5) is 37.1. The van der Waals surface area contributed by atoms with Crippen LogP contribution in [-0.4, -0.2) is 48.3 Å². The maximum Gasteiger partial charge on any atom is 0.267 e. The Labute approximate surface area is 263 Å². The number of aromatic nitrogens is 7. The van der Waals surface area contributed by atoms with Gasteiger partial charge >= 0.3 is 0 Å². The second kappa shape index (κ2) is 11.7. The van der Waals surface area contributed by atoms with E-state index >= 15 is 0 Å². The van der Waals surface area contributed by atoms with Gasteiger partial charge in [0.15, 0.2) is 5.65 Å². The zero-order chi connectivity index (χ0) is 32.7. The largest absolute Gasteiger partial charge is 0.342 e.